The fourth-order valence-electron chi connectivity index (χ4n) is 1.74. The Balaban J connectivity index is 2.50. The first-order chi connectivity index (χ1) is 8.13. The summed E-state index contributed by atoms with van der Waals surface area (Å²) in [4.78, 5) is 0. The summed E-state index contributed by atoms with van der Waals surface area (Å²) >= 11 is 6.22. The van der Waals surface area contributed by atoms with Crippen LogP contribution in [-0.2, 0) is 6.42 Å². The van der Waals surface area contributed by atoms with E-state index in [1.54, 1.807) is 12.1 Å². The number of aryl methyl sites for hydroxylation is 1. The standard InChI is InChI=1S/C12H13ClFN3/c1-8-11(5-6-15)12(13)17(16-8)10-4-2-3-9(14)7-10/h2-4,7H,5-6,15H2,1H3. The van der Waals surface area contributed by atoms with Crippen molar-refractivity contribution in [2.75, 3.05) is 6.54 Å². The molecular formula is C12H13ClFN3. The van der Waals surface area contributed by atoms with Crippen LogP contribution in [0.25, 0.3) is 5.69 Å². The first-order valence-electron chi connectivity index (χ1n) is 5.33. The van der Waals surface area contributed by atoms with Crippen LogP contribution in [0.15, 0.2) is 24.3 Å². The summed E-state index contributed by atoms with van der Waals surface area (Å²) in [6.45, 7) is 2.38. The summed E-state index contributed by atoms with van der Waals surface area (Å²) in [6.07, 6.45) is 0.667. The normalized spacial score (nSPS) is 10.8. The predicted molar refractivity (Wildman–Crippen MR) is 66.0 cm³/mol. The van der Waals surface area contributed by atoms with Crippen LogP contribution in [0.1, 0.15) is 11.3 Å². The highest BCUT2D eigenvalue weighted by Crippen LogP contribution is 2.23. The average molecular weight is 254 g/mol. The molecule has 0 atom stereocenters. The summed E-state index contributed by atoms with van der Waals surface area (Å²) in [5, 5.41) is 4.80. The number of nitrogens with zero attached hydrogens (tertiary/aromatic N) is 2. The molecule has 1 heterocycles. The highest BCUT2D eigenvalue weighted by atomic mass is 35.5. The molecule has 0 fully saturated rings. The third kappa shape index (κ3) is 2.33. The lowest BCUT2D eigenvalue weighted by molar-refractivity contribution is 0.625. The zero-order valence-corrected chi connectivity index (χ0v) is 10.2. The van der Waals surface area contributed by atoms with Crippen molar-refractivity contribution in [3.8, 4) is 5.69 Å². The molecule has 17 heavy (non-hydrogen) atoms. The quantitative estimate of drug-likeness (QED) is 0.913. The van der Waals surface area contributed by atoms with E-state index in [9.17, 15) is 4.39 Å². The second-order valence-electron chi connectivity index (χ2n) is 3.79. The van der Waals surface area contributed by atoms with E-state index in [0.717, 1.165) is 11.3 Å². The van der Waals surface area contributed by atoms with Gasteiger partial charge in [-0.15, -0.1) is 0 Å². The summed E-state index contributed by atoms with van der Waals surface area (Å²) in [5.74, 6) is -0.313. The molecule has 0 aliphatic carbocycles. The topological polar surface area (TPSA) is 43.8 Å². The van der Waals surface area contributed by atoms with Crippen LogP contribution in [0.3, 0.4) is 0 Å². The highest BCUT2D eigenvalue weighted by Gasteiger charge is 2.13. The molecule has 90 valence electrons. The van der Waals surface area contributed by atoms with E-state index in [2.05, 4.69) is 5.10 Å². The maximum Gasteiger partial charge on any atom is 0.136 e. The van der Waals surface area contributed by atoms with Crippen molar-refractivity contribution in [2.24, 2.45) is 5.73 Å². The molecule has 1 aromatic carbocycles. The first kappa shape index (κ1) is 12.1. The van der Waals surface area contributed by atoms with Gasteiger partial charge in [0.1, 0.15) is 11.0 Å². The minimum absolute atomic E-state index is 0.313. The predicted octanol–water partition coefficient (Wildman–Crippen LogP) is 2.47. The number of nitrogens with two attached hydrogens (primary N) is 1. The van der Waals surface area contributed by atoms with Crippen molar-refractivity contribution in [3.63, 3.8) is 0 Å². The van der Waals surface area contributed by atoms with Crippen LogP contribution in [0.5, 0.6) is 0 Å². The molecule has 5 heteroatoms. The Bertz CT molecular complexity index is 537. The molecule has 0 radical (unpaired) electrons. The average Bonchev–Trinajstić information content (AvgIpc) is 2.57. The Kier molecular flexibility index (Phi) is 3.45. The third-order valence-corrected chi connectivity index (χ3v) is 2.96. The Morgan fingerprint density at radius 3 is 2.88 bits per heavy atom. The first-order valence-corrected chi connectivity index (χ1v) is 5.71. The van der Waals surface area contributed by atoms with E-state index >= 15 is 0 Å². The number of hydrogen-bond acceptors (Lipinski definition) is 2. The van der Waals surface area contributed by atoms with Gasteiger partial charge >= 0.3 is 0 Å². The molecule has 0 bridgehead atoms. The van der Waals surface area contributed by atoms with Crippen molar-refractivity contribution >= 4 is 11.6 Å². The lowest BCUT2D eigenvalue weighted by atomic mass is 10.2. The molecule has 2 aromatic rings. The largest absolute Gasteiger partial charge is 0.330 e. The molecule has 0 aliphatic rings. The van der Waals surface area contributed by atoms with Gasteiger partial charge in [0.05, 0.1) is 11.4 Å². The van der Waals surface area contributed by atoms with E-state index in [1.807, 2.05) is 6.92 Å². The zero-order valence-electron chi connectivity index (χ0n) is 9.45. The Hall–Kier alpha value is -1.39. The molecule has 0 saturated carbocycles. The Morgan fingerprint density at radius 2 is 2.24 bits per heavy atom. The molecule has 0 spiro atoms. The summed E-state index contributed by atoms with van der Waals surface area (Å²) < 4.78 is 14.7. The summed E-state index contributed by atoms with van der Waals surface area (Å²) in [7, 11) is 0. The molecule has 0 aliphatic heterocycles. The number of aromatic nitrogens is 2. The van der Waals surface area contributed by atoms with Gasteiger partial charge in [-0.05, 0) is 38.1 Å². The molecule has 1 aromatic heterocycles. The Morgan fingerprint density at radius 1 is 1.47 bits per heavy atom. The molecule has 2 N–H and O–H groups in total. The molecule has 0 unspecified atom stereocenters. The van der Waals surface area contributed by atoms with Gasteiger partial charge in [-0.3, -0.25) is 0 Å². The third-order valence-electron chi connectivity index (χ3n) is 2.57. The molecule has 0 amide bonds. The second kappa shape index (κ2) is 4.85. The van der Waals surface area contributed by atoms with E-state index in [-0.39, 0.29) is 5.82 Å². The van der Waals surface area contributed by atoms with E-state index in [1.165, 1.54) is 16.8 Å². The minimum Gasteiger partial charge on any atom is -0.330 e. The molecule has 0 saturated heterocycles. The lowest BCUT2D eigenvalue weighted by Gasteiger charge is -2.03. The van der Waals surface area contributed by atoms with Gasteiger partial charge in [-0.25, -0.2) is 9.07 Å². The maximum absolute atomic E-state index is 13.1. The van der Waals surface area contributed by atoms with Gasteiger partial charge < -0.3 is 5.73 Å². The minimum atomic E-state index is -0.313. The van der Waals surface area contributed by atoms with Crippen molar-refractivity contribution < 1.29 is 4.39 Å². The van der Waals surface area contributed by atoms with Crippen molar-refractivity contribution in [3.05, 3.63) is 46.5 Å². The smallest absolute Gasteiger partial charge is 0.136 e. The number of hydrogen-bond donors (Lipinski definition) is 1. The van der Waals surface area contributed by atoms with Crippen LogP contribution < -0.4 is 5.73 Å². The van der Waals surface area contributed by atoms with Crippen LogP contribution in [0.4, 0.5) is 4.39 Å². The zero-order chi connectivity index (χ0) is 12.4. The monoisotopic (exact) mass is 253 g/mol. The fourth-order valence-corrected chi connectivity index (χ4v) is 2.11. The van der Waals surface area contributed by atoms with Gasteiger partial charge in [-0.1, -0.05) is 17.7 Å². The SMILES string of the molecule is Cc1nn(-c2cccc(F)c2)c(Cl)c1CCN. The van der Waals surface area contributed by atoms with Crippen LogP contribution in [0.2, 0.25) is 5.15 Å². The summed E-state index contributed by atoms with van der Waals surface area (Å²) in [6, 6.07) is 6.16. The van der Waals surface area contributed by atoms with Gasteiger partial charge in [0.25, 0.3) is 0 Å². The van der Waals surface area contributed by atoms with Gasteiger partial charge in [0, 0.05) is 5.56 Å². The van der Waals surface area contributed by atoms with Crippen molar-refractivity contribution in [1.82, 2.24) is 9.78 Å². The molecular weight excluding hydrogens is 241 g/mol. The van der Waals surface area contributed by atoms with Gasteiger partial charge in [-0.2, -0.15) is 5.10 Å². The van der Waals surface area contributed by atoms with E-state index in [4.69, 9.17) is 17.3 Å². The van der Waals surface area contributed by atoms with E-state index in [0.29, 0.717) is 23.8 Å². The van der Waals surface area contributed by atoms with Crippen molar-refractivity contribution in [2.45, 2.75) is 13.3 Å². The van der Waals surface area contributed by atoms with Crippen LogP contribution in [-0.4, -0.2) is 16.3 Å². The van der Waals surface area contributed by atoms with Crippen LogP contribution >= 0.6 is 11.6 Å². The van der Waals surface area contributed by atoms with Gasteiger partial charge in [0.15, 0.2) is 0 Å². The molecule has 3 nitrogen and oxygen atoms in total. The second-order valence-corrected chi connectivity index (χ2v) is 4.14. The van der Waals surface area contributed by atoms with Gasteiger partial charge in [0.2, 0.25) is 0 Å². The lowest BCUT2D eigenvalue weighted by Crippen LogP contribution is -2.03. The maximum atomic E-state index is 13.1. The van der Waals surface area contributed by atoms with Crippen molar-refractivity contribution in [1.29, 1.82) is 0 Å². The summed E-state index contributed by atoms with van der Waals surface area (Å²) in [5.41, 5.74) is 7.87. The van der Waals surface area contributed by atoms with Crippen LogP contribution in [0, 0.1) is 12.7 Å². The number of rotatable bonds is 3. The molecule has 2 rings (SSSR count). The fraction of sp³-hybridized carbons (Fsp3) is 0.250. The number of halogens is 2. The number of benzene rings is 1. The highest BCUT2D eigenvalue weighted by molar-refractivity contribution is 6.30. The Labute approximate surface area is 104 Å². The van der Waals surface area contributed by atoms with E-state index < -0.39 is 0 Å².